The number of fused-ring (bicyclic) bond motifs is 2. The third-order valence-corrected chi connectivity index (χ3v) is 27.1. The summed E-state index contributed by atoms with van der Waals surface area (Å²) in [5, 5.41) is 1.69. The van der Waals surface area contributed by atoms with Gasteiger partial charge in [0.25, 0.3) is 0 Å². The highest BCUT2D eigenvalue weighted by Crippen LogP contribution is 2.45. The van der Waals surface area contributed by atoms with Crippen molar-refractivity contribution in [1.82, 2.24) is 4.98 Å². The van der Waals surface area contributed by atoms with Gasteiger partial charge < -0.3 is 84.9 Å². The molecular weight excluding hydrogens is 1860 g/mol. The fourth-order valence-corrected chi connectivity index (χ4v) is 18.3. The number of carbonyl (C=O) groups excluding carboxylic acids is 12. The molecule has 776 valence electrons. The van der Waals surface area contributed by atoms with E-state index in [0.29, 0.717) is 197 Å². The van der Waals surface area contributed by atoms with E-state index < -0.39 is 24.1 Å². The van der Waals surface area contributed by atoms with Gasteiger partial charge >= 0.3 is 59.9 Å². The Labute approximate surface area is 837 Å². The summed E-state index contributed by atoms with van der Waals surface area (Å²) in [7, 11) is 8.44. The van der Waals surface area contributed by atoms with Crippen molar-refractivity contribution in [2.45, 2.75) is 263 Å². The number of benzene rings is 3. The number of aromatic nitrogens is 1. The summed E-state index contributed by atoms with van der Waals surface area (Å²) in [4.78, 5) is 145. The topological polar surface area (TPSA) is 388 Å². The van der Waals surface area contributed by atoms with Crippen molar-refractivity contribution in [1.29, 1.82) is 0 Å². The number of nitrogens with zero attached hydrogens (tertiary/aromatic N) is 1. The Morgan fingerprint density at radius 1 is 0.362 bits per heavy atom. The van der Waals surface area contributed by atoms with Crippen LogP contribution in [0.5, 0.6) is 28.7 Å². The molecule has 11 rings (SSSR count). The van der Waals surface area contributed by atoms with Crippen LogP contribution >= 0.6 is 22.7 Å². The summed E-state index contributed by atoms with van der Waals surface area (Å²) in [5.74, 6) is 0.100. The number of carbonyl (C=O) groups is 12. The SMILES string of the molecule is C=CC(=O)OCCCCCCC1CCC(OC)CC1.C=CC(=O)OCCCCCCOC1CCC(OC)CC1.C=CC(=O)OCCCCOC(=O)C1CCC(OC)CC1.C=CC(=O)OCCCCOC(=O)Oc1ccc(OC)cc1.C=CC(=O)OCCCCOC(=O)c1ccc(OC)cc1.CC(=O)C1CCC(C(=O)Oc2ccc(OC(=O)C3CCC(C(C)=O)CC3)c3sc(-c4cc5ccoc5s4)nc23)CC1. The Bertz CT molecular complexity index is 4660. The quantitative estimate of drug-likeness (QED) is 0.00854. The van der Waals surface area contributed by atoms with Gasteiger partial charge in [0.2, 0.25) is 0 Å². The summed E-state index contributed by atoms with van der Waals surface area (Å²) in [6.45, 7) is 23.5. The highest BCUT2D eigenvalue weighted by atomic mass is 32.1. The number of furan rings is 1. The first-order valence-corrected chi connectivity index (χ1v) is 50.9. The van der Waals surface area contributed by atoms with Crippen LogP contribution in [0.25, 0.3) is 30.4 Å². The number of thiophene rings is 1. The third kappa shape index (κ3) is 47.0. The maximum atomic E-state index is 13.1. The molecule has 0 aliphatic heterocycles. The summed E-state index contributed by atoms with van der Waals surface area (Å²) in [5.41, 5.74) is 0.940. The van der Waals surface area contributed by atoms with Crippen LogP contribution in [0.2, 0.25) is 0 Å². The summed E-state index contributed by atoms with van der Waals surface area (Å²) < 4.78 is 94.3. The molecule has 0 radical (unpaired) electrons. The van der Waals surface area contributed by atoms with E-state index >= 15 is 0 Å². The van der Waals surface area contributed by atoms with Crippen molar-refractivity contribution in [2.75, 3.05) is 95.0 Å². The number of rotatable bonds is 50. The van der Waals surface area contributed by atoms with Gasteiger partial charge in [-0.2, -0.15) is 0 Å². The molecule has 6 aromatic rings. The normalized spacial score (nSPS) is 18.9. The lowest BCUT2D eigenvalue weighted by Gasteiger charge is -2.27. The van der Waals surface area contributed by atoms with Crippen molar-refractivity contribution in [3.8, 4) is 38.6 Å². The second-order valence-corrected chi connectivity index (χ2v) is 36.8. The molecular formula is C108H147NO30S2. The minimum absolute atomic E-state index is 0.0139. The Balaban J connectivity index is 0.000000268. The van der Waals surface area contributed by atoms with Crippen LogP contribution in [-0.2, 0) is 105 Å². The molecule has 0 spiro atoms. The van der Waals surface area contributed by atoms with Crippen LogP contribution in [0, 0.1) is 35.5 Å². The number of thiazole rings is 1. The van der Waals surface area contributed by atoms with Gasteiger partial charge in [0.15, 0.2) is 16.4 Å². The van der Waals surface area contributed by atoms with E-state index in [2.05, 4.69) is 32.9 Å². The zero-order valence-electron chi connectivity index (χ0n) is 83.3. The third-order valence-electron chi connectivity index (χ3n) is 24.8. The first-order chi connectivity index (χ1) is 68.3. The van der Waals surface area contributed by atoms with Crippen molar-refractivity contribution in [2.24, 2.45) is 35.5 Å². The van der Waals surface area contributed by atoms with Crippen molar-refractivity contribution in [3.63, 3.8) is 0 Å². The van der Waals surface area contributed by atoms with Crippen LogP contribution < -0.4 is 23.7 Å². The first kappa shape index (κ1) is 118. The number of hydrogen-bond donors (Lipinski definition) is 0. The van der Waals surface area contributed by atoms with Crippen molar-refractivity contribution < 1.29 is 142 Å². The van der Waals surface area contributed by atoms with Gasteiger partial charge in [-0.25, -0.2) is 38.5 Å². The molecule has 3 aromatic heterocycles. The molecule has 31 nitrogen and oxygen atoms in total. The molecule has 0 saturated heterocycles. The van der Waals surface area contributed by atoms with Gasteiger partial charge in [-0.1, -0.05) is 76.3 Å². The van der Waals surface area contributed by atoms with Crippen LogP contribution in [0.3, 0.4) is 0 Å². The second-order valence-electron chi connectivity index (χ2n) is 34.8. The van der Waals surface area contributed by atoms with E-state index in [4.69, 9.17) is 89.9 Å². The minimum atomic E-state index is -0.775. The van der Waals surface area contributed by atoms with Crippen molar-refractivity contribution >= 4 is 115 Å². The van der Waals surface area contributed by atoms with Gasteiger partial charge in [0.1, 0.15) is 44.0 Å². The average molecular weight is 2000 g/mol. The van der Waals surface area contributed by atoms with E-state index in [1.54, 1.807) is 109 Å². The summed E-state index contributed by atoms with van der Waals surface area (Å²) >= 11 is 2.85. The fraction of sp³-hybridized carbons (Fsp3) is 0.565. The molecule has 5 fully saturated rings. The summed E-state index contributed by atoms with van der Waals surface area (Å²) in [6.07, 6.45) is 40.7. The van der Waals surface area contributed by atoms with E-state index in [1.807, 2.05) is 19.2 Å². The molecule has 5 saturated carbocycles. The lowest BCUT2D eigenvalue weighted by molar-refractivity contribution is -0.151. The monoisotopic (exact) mass is 2000 g/mol. The fourth-order valence-electron chi connectivity index (χ4n) is 16.2. The second kappa shape index (κ2) is 69.6. The number of ketones is 2. The Kier molecular flexibility index (Phi) is 58.5. The van der Waals surface area contributed by atoms with E-state index in [1.165, 1.54) is 79.8 Å². The number of hydrogen-bond acceptors (Lipinski definition) is 33. The number of Topliss-reactive ketones (excluding diaryl/α,β-unsaturated/α-hetero) is 2. The zero-order valence-corrected chi connectivity index (χ0v) is 85.0. The highest BCUT2D eigenvalue weighted by Gasteiger charge is 2.34. The van der Waals surface area contributed by atoms with Crippen LogP contribution in [0.1, 0.15) is 249 Å². The van der Waals surface area contributed by atoms with Gasteiger partial charge in [0.05, 0.1) is 126 Å². The Hall–Kier alpha value is -11.2. The number of esters is 9. The van der Waals surface area contributed by atoms with E-state index in [-0.39, 0.29) is 96.8 Å². The zero-order chi connectivity index (χ0) is 102. The predicted octanol–water partition coefficient (Wildman–Crippen LogP) is 21.8. The van der Waals surface area contributed by atoms with E-state index in [0.717, 1.165) is 136 Å². The largest absolute Gasteiger partial charge is 0.513 e. The highest BCUT2D eigenvalue weighted by molar-refractivity contribution is 7.28. The molecule has 0 unspecified atom stereocenters. The first-order valence-electron chi connectivity index (χ1n) is 49.3. The van der Waals surface area contributed by atoms with E-state index in [9.17, 15) is 57.5 Å². The number of ether oxygens (including phenoxy) is 17. The smallest absolute Gasteiger partial charge is 0.497 e. The number of methoxy groups -OCH3 is 5. The van der Waals surface area contributed by atoms with Gasteiger partial charge in [-0.15, -0.1) is 11.3 Å². The van der Waals surface area contributed by atoms with Crippen LogP contribution in [0.15, 0.2) is 147 Å². The van der Waals surface area contributed by atoms with Gasteiger partial charge in [-0.05, 0) is 285 Å². The van der Waals surface area contributed by atoms with Gasteiger partial charge in [0, 0.05) is 75.5 Å². The minimum Gasteiger partial charge on any atom is -0.497 e. The molecule has 3 aromatic carbocycles. The van der Waals surface area contributed by atoms with Crippen LogP contribution in [-0.4, -0.2) is 196 Å². The summed E-state index contributed by atoms with van der Waals surface area (Å²) in [6, 6.07) is 20.5. The molecule has 3 heterocycles. The molecule has 0 amide bonds. The predicted molar refractivity (Wildman–Crippen MR) is 535 cm³/mol. The van der Waals surface area contributed by atoms with Crippen molar-refractivity contribution in [3.05, 3.63) is 148 Å². The van der Waals surface area contributed by atoms with Crippen LogP contribution in [0.4, 0.5) is 4.79 Å². The Morgan fingerprint density at radius 3 is 1.16 bits per heavy atom. The molecule has 0 atom stereocenters. The molecule has 33 heteroatoms. The molecule has 0 N–H and O–H groups in total. The molecule has 141 heavy (non-hydrogen) atoms. The standard InChI is InChI=1S/C31H31NO7S2.C16H28O4.C16H28O3.C15H18O6.C15H24O5.C15H18O5/c1-16(33)18-3-7-20(8-4-18)29(35)38-23-11-12-24(39-30(36)21-9-5-19(6-10-21)17(2)34)27-26(23)32-28(41-27)25-15-22-13-14-37-31(22)40-25;1-3-16(17)20-13-7-5-4-6-12-19-15-10-8-14(18-2)9-11-15;1-3-16(17)19-13-7-5-4-6-8-14-9-11-15(18-2)12-10-14;1-3-14(16)19-10-4-5-11-20-15(17)21-13-8-6-12(18-2)7-9-13;2*1-3-14(16)19-10-4-5-11-20-15(17)12-6-8-13(18-2)9-7-12/h11-15,18-21H,3-10H2,1-2H3;3,14-15H,1,4-13H2,2H3;3,14-15H,1,4-13H2,2H3;3,6-9H,1,4-5,10-11H2,2H3;3,12-13H,1,4-11H2,2H3;3,6-9H,1,4-5,10-11H2,2H3. The Morgan fingerprint density at radius 2 is 0.723 bits per heavy atom. The lowest BCUT2D eigenvalue weighted by Crippen LogP contribution is -2.28. The lowest BCUT2D eigenvalue weighted by atomic mass is 9.80. The average Bonchev–Trinajstić information content (AvgIpc) is 1.61. The number of unbranched alkanes of at least 4 members (excludes halogenated alkanes) is 9. The molecule has 5 aliphatic rings. The molecule has 0 bridgehead atoms. The maximum absolute atomic E-state index is 13.1. The molecule has 5 aliphatic carbocycles. The maximum Gasteiger partial charge on any atom is 0.513 e. The van der Waals surface area contributed by atoms with Gasteiger partial charge in [-0.3, -0.25) is 24.0 Å².